The van der Waals surface area contributed by atoms with Crippen LogP contribution in [0.25, 0.3) is 0 Å². The SMILES string of the molecule is C=CC(=O)N(C)Cc1ccc(Nc2nc(NC3=CC(OCC4CCN(C)CC4)CC=C3)ncc2F)cc1. The Kier molecular flexibility index (Phi) is 9.03. The quantitative estimate of drug-likeness (QED) is 0.460. The number of likely N-dealkylation sites (N-methyl/N-ethyl adjacent to an activating group) is 1. The molecule has 1 fully saturated rings. The van der Waals surface area contributed by atoms with Crippen LogP contribution in [0.15, 0.2) is 67.0 Å². The molecule has 2 N–H and O–H groups in total. The second kappa shape index (κ2) is 12.6. The first-order valence-electron chi connectivity index (χ1n) is 12.6. The third-order valence-electron chi connectivity index (χ3n) is 6.60. The van der Waals surface area contributed by atoms with Crippen LogP contribution in [0.3, 0.4) is 0 Å². The number of rotatable bonds is 10. The molecule has 1 saturated heterocycles. The number of hydrogen-bond acceptors (Lipinski definition) is 7. The number of piperidine rings is 1. The van der Waals surface area contributed by atoms with Crippen LogP contribution in [0.4, 0.5) is 21.8 Å². The number of ether oxygens (including phenoxy) is 1. The number of aromatic nitrogens is 2. The van der Waals surface area contributed by atoms with Crippen molar-refractivity contribution in [3.8, 4) is 0 Å². The van der Waals surface area contributed by atoms with Crippen LogP contribution in [0, 0.1) is 11.7 Å². The zero-order chi connectivity index (χ0) is 26.2. The lowest BCUT2D eigenvalue weighted by Gasteiger charge is -2.29. The average molecular weight is 507 g/mol. The monoisotopic (exact) mass is 506 g/mol. The number of nitrogens with one attached hydrogen (secondary N) is 2. The van der Waals surface area contributed by atoms with Crippen LogP contribution >= 0.6 is 0 Å². The molecule has 2 aromatic rings. The van der Waals surface area contributed by atoms with E-state index in [1.807, 2.05) is 36.4 Å². The van der Waals surface area contributed by atoms with Gasteiger partial charge >= 0.3 is 0 Å². The molecule has 1 amide bonds. The van der Waals surface area contributed by atoms with Crippen molar-refractivity contribution in [3.63, 3.8) is 0 Å². The van der Waals surface area contributed by atoms with E-state index in [4.69, 9.17) is 4.74 Å². The van der Waals surface area contributed by atoms with Gasteiger partial charge in [-0.25, -0.2) is 9.37 Å². The summed E-state index contributed by atoms with van der Waals surface area (Å²) in [6.07, 6.45) is 11.6. The van der Waals surface area contributed by atoms with Crippen molar-refractivity contribution in [1.82, 2.24) is 19.8 Å². The van der Waals surface area contributed by atoms with Crippen molar-refractivity contribution in [1.29, 1.82) is 0 Å². The molecule has 0 radical (unpaired) electrons. The fourth-order valence-electron chi connectivity index (χ4n) is 4.32. The van der Waals surface area contributed by atoms with E-state index in [1.54, 1.807) is 11.9 Å². The molecule has 1 aromatic heterocycles. The largest absolute Gasteiger partial charge is 0.373 e. The molecule has 9 heteroatoms. The van der Waals surface area contributed by atoms with Crippen LogP contribution in [-0.4, -0.2) is 65.6 Å². The van der Waals surface area contributed by atoms with E-state index in [0.717, 1.165) is 43.6 Å². The van der Waals surface area contributed by atoms with Crippen molar-refractivity contribution in [2.45, 2.75) is 31.9 Å². The lowest BCUT2D eigenvalue weighted by molar-refractivity contribution is -0.125. The van der Waals surface area contributed by atoms with Crippen molar-refractivity contribution in [2.75, 3.05) is 44.4 Å². The molecule has 196 valence electrons. The second-order valence-electron chi connectivity index (χ2n) is 9.61. The van der Waals surface area contributed by atoms with Gasteiger partial charge in [0.05, 0.1) is 18.9 Å². The molecule has 2 aliphatic rings. The van der Waals surface area contributed by atoms with Gasteiger partial charge in [-0.15, -0.1) is 0 Å². The Morgan fingerprint density at radius 2 is 2.03 bits per heavy atom. The number of likely N-dealkylation sites (tertiary alicyclic amines) is 1. The molecule has 0 spiro atoms. The predicted octanol–water partition coefficient (Wildman–Crippen LogP) is 4.49. The highest BCUT2D eigenvalue weighted by atomic mass is 19.1. The number of halogens is 1. The highest BCUT2D eigenvalue weighted by molar-refractivity contribution is 5.86. The molecule has 37 heavy (non-hydrogen) atoms. The zero-order valence-electron chi connectivity index (χ0n) is 21.5. The standard InChI is InChI=1S/C28H35FN6O2/c1-4-26(36)35(3)18-20-8-10-22(11-9-20)31-27-25(29)17-30-28(33-27)32-23-6-5-7-24(16-23)37-19-21-12-14-34(2)15-13-21/h4-6,8-11,16-17,21,24H,1,7,12-15,18-19H2,2-3H3,(H2,30,31,32,33). The van der Waals surface area contributed by atoms with E-state index in [1.165, 1.54) is 18.9 Å². The number of benzene rings is 1. The summed E-state index contributed by atoms with van der Waals surface area (Å²) in [6.45, 7) is 6.96. The Morgan fingerprint density at radius 1 is 1.27 bits per heavy atom. The van der Waals surface area contributed by atoms with Gasteiger partial charge < -0.3 is 25.2 Å². The number of allylic oxidation sites excluding steroid dienone is 1. The first kappa shape index (κ1) is 26.5. The van der Waals surface area contributed by atoms with Crippen LogP contribution in [0.5, 0.6) is 0 Å². The van der Waals surface area contributed by atoms with Gasteiger partial charge in [-0.05, 0) is 81.2 Å². The predicted molar refractivity (Wildman–Crippen MR) is 144 cm³/mol. The van der Waals surface area contributed by atoms with Crippen LogP contribution in [0.2, 0.25) is 0 Å². The third-order valence-corrected chi connectivity index (χ3v) is 6.60. The average Bonchev–Trinajstić information content (AvgIpc) is 2.91. The first-order valence-corrected chi connectivity index (χ1v) is 12.6. The Labute approximate surface area is 217 Å². The second-order valence-corrected chi connectivity index (χ2v) is 9.61. The van der Waals surface area contributed by atoms with Gasteiger partial charge in [0.25, 0.3) is 0 Å². The number of anilines is 3. The lowest BCUT2D eigenvalue weighted by atomic mass is 9.98. The molecule has 0 saturated carbocycles. The van der Waals surface area contributed by atoms with E-state index >= 15 is 0 Å². The Bertz CT molecular complexity index is 1140. The van der Waals surface area contributed by atoms with Crippen molar-refractivity contribution in [3.05, 3.63) is 78.4 Å². The summed E-state index contributed by atoms with van der Waals surface area (Å²) in [5.41, 5.74) is 2.43. The fraction of sp³-hybridized carbons (Fsp3) is 0.393. The minimum Gasteiger partial charge on any atom is -0.373 e. The number of nitrogens with zero attached hydrogens (tertiary/aromatic N) is 4. The van der Waals surface area contributed by atoms with Crippen LogP contribution < -0.4 is 10.6 Å². The van der Waals surface area contributed by atoms with E-state index in [-0.39, 0.29) is 23.8 Å². The van der Waals surface area contributed by atoms with Gasteiger partial charge in [0.2, 0.25) is 11.9 Å². The molecule has 4 rings (SSSR count). The smallest absolute Gasteiger partial charge is 0.245 e. The molecular weight excluding hydrogens is 471 g/mol. The van der Waals surface area contributed by atoms with Gasteiger partial charge in [0.15, 0.2) is 11.6 Å². The maximum absolute atomic E-state index is 14.5. The van der Waals surface area contributed by atoms with E-state index in [0.29, 0.717) is 18.2 Å². The number of carbonyl (C=O) groups excluding carboxylic acids is 1. The van der Waals surface area contributed by atoms with E-state index < -0.39 is 5.82 Å². The van der Waals surface area contributed by atoms with E-state index in [9.17, 15) is 9.18 Å². The molecule has 0 bridgehead atoms. The molecule has 1 atom stereocenters. The van der Waals surface area contributed by atoms with Gasteiger partial charge in [0, 0.05) is 25.0 Å². The summed E-state index contributed by atoms with van der Waals surface area (Å²) >= 11 is 0. The minimum atomic E-state index is -0.557. The fourth-order valence-corrected chi connectivity index (χ4v) is 4.32. The summed E-state index contributed by atoms with van der Waals surface area (Å²) in [6, 6.07) is 7.37. The first-order chi connectivity index (χ1) is 17.9. The zero-order valence-corrected chi connectivity index (χ0v) is 21.5. The lowest BCUT2D eigenvalue weighted by Crippen LogP contribution is -2.32. The molecular formula is C28H35FN6O2. The highest BCUT2D eigenvalue weighted by Gasteiger charge is 2.19. The molecule has 1 unspecified atom stereocenters. The number of carbonyl (C=O) groups is 1. The summed E-state index contributed by atoms with van der Waals surface area (Å²) in [5.74, 6) is 0.254. The summed E-state index contributed by atoms with van der Waals surface area (Å²) < 4.78 is 20.6. The van der Waals surface area contributed by atoms with Gasteiger partial charge in [0.1, 0.15) is 0 Å². The Balaban J connectivity index is 1.34. The van der Waals surface area contributed by atoms with Gasteiger partial charge in [-0.3, -0.25) is 4.79 Å². The summed E-state index contributed by atoms with van der Waals surface area (Å²) in [4.78, 5) is 24.0. The van der Waals surface area contributed by atoms with E-state index in [2.05, 4.69) is 45.2 Å². The van der Waals surface area contributed by atoms with Crippen LogP contribution in [0.1, 0.15) is 24.8 Å². The Hall–Kier alpha value is -3.56. The van der Waals surface area contributed by atoms with Crippen molar-refractivity contribution < 1.29 is 13.9 Å². The van der Waals surface area contributed by atoms with Crippen molar-refractivity contribution >= 4 is 23.4 Å². The minimum absolute atomic E-state index is 0.00969. The molecule has 1 aliphatic heterocycles. The number of hydrogen-bond donors (Lipinski definition) is 2. The summed E-state index contributed by atoms with van der Waals surface area (Å²) in [5, 5.41) is 6.17. The highest BCUT2D eigenvalue weighted by Crippen LogP contribution is 2.23. The van der Waals surface area contributed by atoms with Crippen LogP contribution in [-0.2, 0) is 16.1 Å². The number of amides is 1. The molecule has 1 aromatic carbocycles. The maximum Gasteiger partial charge on any atom is 0.245 e. The van der Waals surface area contributed by atoms with Gasteiger partial charge in [-0.1, -0.05) is 24.8 Å². The molecule has 2 heterocycles. The summed E-state index contributed by atoms with van der Waals surface area (Å²) in [7, 11) is 3.87. The van der Waals surface area contributed by atoms with Gasteiger partial charge in [-0.2, -0.15) is 4.98 Å². The van der Waals surface area contributed by atoms with Crippen molar-refractivity contribution in [2.24, 2.45) is 5.92 Å². The maximum atomic E-state index is 14.5. The Morgan fingerprint density at radius 3 is 2.76 bits per heavy atom. The molecule has 1 aliphatic carbocycles. The topological polar surface area (TPSA) is 82.6 Å². The normalized spacial score (nSPS) is 18.2. The molecule has 8 nitrogen and oxygen atoms in total. The third kappa shape index (κ3) is 7.71.